The summed E-state index contributed by atoms with van der Waals surface area (Å²) in [7, 11) is 1.40. The molecular weight excluding hydrogens is 911 g/mol. The van der Waals surface area contributed by atoms with E-state index in [1.807, 2.05) is 301 Å². The SMILES string of the molecule is C.CC.CC.CC.CC.CC.CC.CC(C)(C(F)(F)F)C(F)(F)F.CC(C)(C)C.COS(C)=O.c1ccccc1.c1ccccc1.c1ccccc1.c1ccccc1.c1ccccc1.c1ccccc1. The Kier molecular flexibility index (Phi) is 91.8. The van der Waals surface area contributed by atoms with Crippen LogP contribution in [0.3, 0.4) is 0 Å². The zero-order chi connectivity index (χ0) is 55.7. The second-order valence-electron chi connectivity index (χ2n) is 13.1. The van der Waals surface area contributed by atoms with Crippen molar-refractivity contribution in [1.82, 2.24) is 0 Å². The van der Waals surface area contributed by atoms with Crippen LogP contribution in [0.1, 0.15) is 132 Å². The molecule has 0 heterocycles. The van der Waals surface area contributed by atoms with Crippen LogP contribution >= 0.6 is 0 Å². The van der Waals surface area contributed by atoms with Crippen LogP contribution in [0, 0.1) is 10.8 Å². The van der Waals surface area contributed by atoms with E-state index in [1.165, 1.54) is 13.4 Å². The van der Waals surface area contributed by atoms with Crippen molar-refractivity contribution in [3.05, 3.63) is 218 Å². The average molecular weight is 1010 g/mol. The van der Waals surface area contributed by atoms with Gasteiger partial charge in [-0.3, -0.25) is 4.18 Å². The summed E-state index contributed by atoms with van der Waals surface area (Å²) in [6.45, 7) is 33.0. The summed E-state index contributed by atoms with van der Waals surface area (Å²) in [5.74, 6) is 0. The van der Waals surface area contributed by atoms with Gasteiger partial charge in [0.1, 0.15) is 0 Å². The lowest BCUT2D eigenvalue weighted by molar-refractivity contribution is -0.327. The lowest BCUT2D eigenvalue weighted by Crippen LogP contribution is -2.44. The average Bonchev–Trinajstić information content (AvgIpc) is 3.41. The molecule has 9 heteroatoms. The molecule has 0 radical (unpaired) electrons. The molecule has 2 nitrogen and oxygen atoms in total. The first kappa shape index (κ1) is 88.0. The third kappa shape index (κ3) is 93.1. The van der Waals surface area contributed by atoms with Crippen molar-refractivity contribution in [3.8, 4) is 0 Å². The fraction of sp³-hybridized carbons (Fsp3) is 0.410. The summed E-state index contributed by atoms with van der Waals surface area (Å²) in [4.78, 5) is 0. The highest BCUT2D eigenvalue weighted by molar-refractivity contribution is 7.79. The molecule has 6 aromatic rings. The topological polar surface area (TPSA) is 26.3 Å². The van der Waals surface area contributed by atoms with Crippen LogP contribution < -0.4 is 0 Å². The molecule has 0 saturated carbocycles. The second kappa shape index (κ2) is 73.0. The zero-order valence-electron chi connectivity index (χ0n) is 46.3. The van der Waals surface area contributed by atoms with Crippen LogP contribution in [0.5, 0.6) is 0 Å². The molecule has 0 aromatic heterocycles. The molecule has 70 heavy (non-hydrogen) atoms. The van der Waals surface area contributed by atoms with E-state index >= 15 is 0 Å². The van der Waals surface area contributed by atoms with Gasteiger partial charge in [-0.05, 0) is 19.3 Å². The fourth-order valence-electron chi connectivity index (χ4n) is 2.47. The first-order chi connectivity index (χ1) is 32.8. The second-order valence-corrected chi connectivity index (χ2v) is 14.3. The van der Waals surface area contributed by atoms with Gasteiger partial charge in [0.15, 0.2) is 16.5 Å². The van der Waals surface area contributed by atoms with E-state index in [1.54, 1.807) is 0 Å². The molecule has 6 aromatic carbocycles. The maximum Gasteiger partial charge on any atom is 0.402 e. The molecular formula is C61H100F6O2S. The minimum absolute atomic E-state index is 0. The number of rotatable bonds is 1. The van der Waals surface area contributed by atoms with Gasteiger partial charge in [0.2, 0.25) is 0 Å². The highest BCUT2D eigenvalue weighted by atomic mass is 32.2. The molecule has 1 atom stereocenters. The highest BCUT2D eigenvalue weighted by Gasteiger charge is 2.64. The zero-order valence-corrected chi connectivity index (χ0v) is 47.1. The smallest absolute Gasteiger partial charge is 0.294 e. The minimum atomic E-state index is -5.24. The standard InChI is InChI=1S/6C6H6.C5H6F6.C5H12.C2H6O2S.6C2H6.CH4/c6*1-2-4-6-5-3-1;1-3(2,4(6,7)8)5(9,10)11;1-5(2,3)4;1-4-5(2)3;6*1-2;/h6*1-6H;1-2H3;1-4H3;1-2H3;6*1-2H3;1H4. The molecule has 404 valence electrons. The third-order valence-electron chi connectivity index (χ3n) is 5.65. The van der Waals surface area contributed by atoms with Crippen LogP contribution in [-0.4, -0.2) is 29.9 Å². The van der Waals surface area contributed by atoms with E-state index in [-0.39, 0.29) is 21.3 Å². The third-order valence-corrected chi connectivity index (χ3v) is 6.12. The molecule has 0 aliphatic heterocycles. The van der Waals surface area contributed by atoms with E-state index in [4.69, 9.17) is 0 Å². The van der Waals surface area contributed by atoms with Gasteiger partial charge in [-0.15, -0.1) is 0 Å². The molecule has 0 aliphatic carbocycles. The summed E-state index contributed by atoms with van der Waals surface area (Å²) in [5, 5.41) is 0. The molecule has 0 fully saturated rings. The maximum absolute atomic E-state index is 11.6. The Morgan fingerprint density at radius 2 is 0.343 bits per heavy atom. The van der Waals surface area contributed by atoms with E-state index in [9.17, 15) is 30.6 Å². The van der Waals surface area contributed by atoms with E-state index in [0.717, 1.165) is 0 Å². The van der Waals surface area contributed by atoms with Crippen molar-refractivity contribution in [2.45, 2.75) is 144 Å². The summed E-state index contributed by atoms with van der Waals surface area (Å²) in [6.07, 6.45) is -9.02. The van der Waals surface area contributed by atoms with Gasteiger partial charge >= 0.3 is 12.4 Å². The van der Waals surface area contributed by atoms with Crippen molar-refractivity contribution >= 4 is 11.1 Å². The Bertz CT molecular complexity index is 1180. The molecule has 6 rings (SSSR count). The van der Waals surface area contributed by atoms with E-state index in [0.29, 0.717) is 5.41 Å². The van der Waals surface area contributed by atoms with Gasteiger partial charge in [0.05, 0.1) is 7.11 Å². The molecule has 0 saturated heterocycles. The van der Waals surface area contributed by atoms with Gasteiger partial charge in [0.25, 0.3) is 0 Å². The van der Waals surface area contributed by atoms with E-state index < -0.39 is 28.8 Å². The van der Waals surface area contributed by atoms with Gasteiger partial charge in [-0.2, -0.15) is 26.3 Å². The van der Waals surface area contributed by atoms with Crippen LogP contribution in [0.25, 0.3) is 0 Å². The molecule has 1 unspecified atom stereocenters. The first-order valence-corrected chi connectivity index (χ1v) is 25.3. The number of alkyl halides is 6. The Balaban J connectivity index is -0.0000000707. The number of benzene rings is 6. The largest absolute Gasteiger partial charge is 0.402 e. The Morgan fingerprint density at radius 3 is 0.357 bits per heavy atom. The Hall–Kier alpha value is -4.99. The van der Waals surface area contributed by atoms with Crippen LogP contribution in [0.4, 0.5) is 26.3 Å². The van der Waals surface area contributed by atoms with Gasteiger partial charge < -0.3 is 0 Å². The van der Waals surface area contributed by atoms with Crippen molar-refractivity contribution in [1.29, 1.82) is 0 Å². The summed E-state index contributed by atoms with van der Waals surface area (Å²) in [6, 6.07) is 72.0. The van der Waals surface area contributed by atoms with Gasteiger partial charge in [0, 0.05) is 6.26 Å². The summed E-state index contributed by atoms with van der Waals surface area (Å²) in [5.41, 5.74) is -3.12. The molecule has 0 bridgehead atoms. The van der Waals surface area contributed by atoms with Crippen LogP contribution in [-0.2, 0) is 15.3 Å². The minimum Gasteiger partial charge on any atom is -0.294 e. The normalized spacial score (nSPS) is 8.94. The number of hydrogen-bond donors (Lipinski definition) is 0. The Labute approximate surface area is 431 Å². The molecule has 0 amide bonds. The maximum atomic E-state index is 11.6. The highest BCUT2D eigenvalue weighted by Crippen LogP contribution is 2.49. The molecule has 0 aliphatic rings. The van der Waals surface area contributed by atoms with Crippen LogP contribution in [0.15, 0.2) is 218 Å². The van der Waals surface area contributed by atoms with Crippen molar-refractivity contribution in [2.24, 2.45) is 10.8 Å². The first-order valence-electron chi connectivity index (χ1n) is 23.8. The number of hydrogen-bond acceptors (Lipinski definition) is 2. The fourth-order valence-corrected chi connectivity index (χ4v) is 2.47. The van der Waals surface area contributed by atoms with Crippen molar-refractivity contribution in [3.63, 3.8) is 0 Å². The quantitative estimate of drug-likeness (QED) is 0.153. The summed E-state index contributed by atoms with van der Waals surface area (Å²) >= 11 is -1.07. The van der Waals surface area contributed by atoms with Gasteiger partial charge in [-0.25, -0.2) is 4.21 Å². The lowest BCUT2D eigenvalue weighted by Gasteiger charge is -2.29. The molecule has 0 N–H and O–H groups in total. The number of halogens is 6. The van der Waals surface area contributed by atoms with Gasteiger partial charge in [-0.1, -0.05) is 337 Å². The predicted molar refractivity (Wildman–Crippen MR) is 306 cm³/mol. The predicted octanol–water partition coefficient (Wildman–Crippen LogP) is 22.0. The van der Waals surface area contributed by atoms with Crippen molar-refractivity contribution in [2.75, 3.05) is 13.4 Å². The Morgan fingerprint density at radius 1 is 0.286 bits per heavy atom. The monoisotopic (exact) mass is 1010 g/mol. The van der Waals surface area contributed by atoms with Crippen molar-refractivity contribution < 1.29 is 34.7 Å². The molecule has 0 spiro atoms. The van der Waals surface area contributed by atoms with Crippen LogP contribution in [0.2, 0.25) is 0 Å². The van der Waals surface area contributed by atoms with E-state index in [2.05, 4.69) is 31.9 Å². The summed E-state index contributed by atoms with van der Waals surface area (Å²) < 4.78 is 83.6. The lowest BCUT2D eigenvalue weighted by atomic mass is 9.92.